The first-order valence-corrected chi connectivity index (χ1v) is 11.9. The van der Waals surface area contributed by atoms with Crippen LogP contribution in [0.1, 0.15) is 25.3 Å². The molecule has 0 saturated carbocycles. The molecule has 2 aliphatic rings. The van der Waals surface area contributed by atoms with Crippen molar-refractivity contribution in [2.24, 2.45) is 0 Å². The van der Waals surface area contributed by atoms with Gasteiger partial charge in [0, 0.05) is 13.2 Å². The molecule has 8 nitrogen and oxygen atoms in total. The minimum atomic E-state index is -0.442. The average molecular weight is 468 g/mol. The van der Waals surface area contributed by atoms with Crippen molar-refractivity contribution < 1.29 is 19.0 Å². The van der Waals surface area contributed by atoms with E-state index in [4.69, 9.17) is 19.2 Å². The Morgan fingerprint density at radius 2 is 2.09 bits per heavy atom. The number of benzene rings is 2. The Labute approximate surface area is 195 Å². The highest BCUT2D eigenvalue weighted by Gasteiger charge is 2.23. The van der Waals surface area contributed by atoms with Crippen molar-refractivity contribution in [1.29, 1.82) is 0 Å². The fraction of sp³-hybridized carbons (Fsp3) is 0.375. The summed E-state index contributed by atoms with van der Waals surface area (Å²) in [5, 5.41) is 3.61. The predicted molar refractivity (Wildman–Crippen MR) is 125 cm³/mol. The average Bonchev–Trinajstić information content (AvgIpc) is 3.51. The van der Waals surface area contributed by atoms with Crippen LogP contribution in [0, 0.1) is 0 Å². The van der Waals surface area contributed by atoms with Crippen molar-refractivity contribution in [2.45, 2.75) is 49.4 Å². The number of hydrogen-bond donors (Lipinski definition) is 1. The summed E-state index contributed by atoms with van der Waals surface area (Å²) in [5.74, 6) is 1.26. The van der Waals surface area contributed by atoms with Crippen LogP contribution < -0.4 is 20.3 Å². The van der Waals surface area contributed by atoms with E-state index in [0.29, 0.717) is 47.3 Å². The number of para-hydroxylation sites is 1. The summed E-state index contributed by atoms with van der Waals surface area (Å²) in [7, 11) is 0. The van der Waals surface area contributed by atoms with Crippen LogP contribution in [0.5, 0.6) is 11.5 Å². The van der Waals surface area contributed by atoms with Gasteiger partial charge in [-0.3, -0.25) is 14.2 Å². The molecule has 3 aromatic rings. The van der Waals surface area contributed by atoms with E-state index >= 15 is 0 Å². The molecule has 1 N–H and O–H groups in total. The highest BCUT2D eigenvalue weighted by atomic mass is 32.2. The normalized spacial score (nSPS) is 17.9. The number of carbonyl (C=O) groups excluding carboxylic acids is 1. The van der Waals surface area contributed by atoms with Gasteiger partial charge in [-0.25, -0.2) is 4.98 Å². The largest absolute Gasteiger partial charge is 0.454 e. The lowest BCUT2D eigenvalue weighted by molar-refractivity contribution is -0.120. The van der Waals surface area contributed by atoms with E-state index in [-0.39, 0.29) is 24.4 Å². The minimum Gasteiger partial charge on any atom is -0.454 e. The second-order valence-electron chi connectivity index (χ2n) is 8.13. The summed E-state index contributed by atoms with van der Waals surface area (Å²) in [5.41, 5.74) is 1.44. The molecule has 9 heteroatoms. The Hall–Kier alpha value is -3.04. The number of thioether (sulfide) groups is 1. The third-order valence-corrected chi connectivity index (χ3v) is 6.88. The van der Waals surface area contributed by atoms with Gasteiger partial charge in [-0.15, -0.1) is 0 Å². The van der Waals surface area contributed by atoms with Crippen LogP contribution in [0.2, 0.25) is 0 Å². The summed E-state index contributed by atoms with van der Waals surface area (Å²) < 4.78 is 18.1. The van der Waals surface area contributed by atoms with Gasteiger partial charge in [0.1, 0.15) is 0 Å². The van der Waals surface area contributed by atoms with Gasteiger partial charge in [-0.1, -0.05) is 30.0 Å². The second-order valence-corrected chi connectivity index (χ2v) is 9.44. The molecular formula is C24H25N3O5S. The Morgan fingerprint density at radius 3 is 2.94 bits per heavy atom. The van der Waals surface area contributed by atoms with Crippen LogP contribution in [0.3, 0.4) is 0 Å². The van der Waals surface area contributed by atoms with E-state index < -0.39 is 5.25 Å². The van der Waals surface area contributed by atoms with Crippen molar-refractivity contribution in [1.82, 2.24) is 14.9 Å². The molecule has 5 rings (SSSR count). The zero-order valence-corrected chi connectivity index (χ0v) is 19.1. The quantitative estimate of drug-likeness (QED) is 0.422. The van der Waals surface area contributed by atoms with E-state index in [2.05, 4.69) is 5.32 Å². The van der Waals surface area contributed by atoms with E-state index in [1.54, 1.807) is 10.6 Å². The number of amides is 1. The SMILES string of the molecule is C[C@H](Sc1nc2ccccc2c(=O)n1C[C@H]1CCCO1)C(=O)NCc1ccc2c(c1)OCO2. The van der Waals surface area contributed by atoms with Crippen LogP contribution in [0.25, 0.3) is 10.9 Å². The fourth-order valence-electron chi connectivity index (χ4n) is 3.99. The number of hydrogen-bond acceptors (Lipinski definition) is 7. The first-order valence-electron chi connectivity index (χ1n) is 11.0. The summed E-state index contributed by atoms with van der Waals surface area (Å²) in [6.07, 6.45) is 1.89. The molecular weight excluding hydrogens is 442 g/mol. The molecule has 172 valence electrons. The van der Waals surface area contributed by atoms with Gasteiger partial charge in [0.15, 0.2) is 16.7 Å². The Balaban J connectivity index is 1.32. The van der Waals surface area contributed by atoms with E-state index in [1.165, 1.54) is 11.8 Å². The van der Waals surface area contributed by atoms with Gasteiger partial charge in [0.2, 0.25) is 12.7 Å². The zero-order chi connectivity index (χ0) is 22.8. The predicted octanol–water partition coefficient (Wildman–Crippen LogP) is 3.10. The smallest absolute Gasteiger partial charge is 0.262 e. The highest BCUT2D eigenvalue weighted by molar-refractivity contribution is 8.00. The van der Waals surface area contributed by atoms with Gasteiger partial charge >= 0.3 is 0 Å². The number of aromatic nitrogens is 2. The second kappa shape index (κ2) is 9.44. The Bertz CT molecular complexity index is 1240. The fourth-order valence-corrected chi connectivity index (χ4v) is 4.93. The number of fused-ring (bicyclic) bond motifs is 2. The van der Waals surface area contributed by atoms with Crippen LogP contribution in [-0.2, 0) is 22.6 Å². The van der Waals surface area contributed by atoms with E-state index in [1.807, 2.05) is 43.3 Å². The molecule has 2 atom stereocenters. The summed E-state index contributed by atoms with van der Waals surface area (Å²) in [6, 6.07) is 12.9. The molecule has 1 amide bonds. The van der Waals surface area contributed by atoms with E-state index in [0.717, 1.165) is 18.4 Å². The maximum Gasteiger partial charge on any atom is 0.262 e. The molecule has 1 saturated heterocycles. The third kappa shape index (κ3) is 4.69. The van der Waals surface area contributed by atoms with Gasteiger partial charge in [0.25, 0.3) is 5.56 Å². The van der Waals surface area contributed by atoms with Crippen LogP contribution in [0.15, 0.2) is 52.4 Å². The van der Waals surface area contributed by atoms with Crippen molar-refractivity contribution in [2.75, 3.05) is 13.4 Å². The lowest BCUT2D eigenvalue weighted by Gasteiger charge is -2.18. The lowest BCUT2D eigenvalue weighted by atomic mass is 10.2. The van der Waals surface area contributed by atoms with Crippen molar-refractivity contribution >= 4 is 28.6 Å². The standard InChI is InChI=1S/C24H25N3O5S/c1-15(22(28)25-12-16-8-9-20-21(11-16)32-14-31-20)33-24-26-19-7-3-2-6-18(19)23(29)27(24)13-17-5-4-10-30-17/h2-3,6-9,11,15,17H,4-5,10,12-14H2,1H3,(H,25,28)/t15-,17+/m0/s1. The highest BCUT2D eigenvalue weighted by Crippen LogP contribution is 2.32. The minimum absolute atomic E-state index is 0.0137. The first-order chi connectivity index (χ1) is 16.1. The first kappa shape index (κ1) is 21.8. The monoisotopic (exact) mass is 467 g/mol. The zero-order valence-electron chi connectivity index (χ0n) is 18.3. The van der Waals surface area contributed by atoms with Crippen molar-refractivity contribution in [3.8, 4) is 11.5 Å². The third-order valence-electron chi connectivity index (χ3n) is 5.79. The lowest BCUT2D eigenvalue weighted by Crippen LogP contribution is -2.33. The van der Waals surface area contributed by atoms with Gasteiger partial charge in [-0.05, 0) is 49.6 Å². The number of nitrogens with zero attached hydrogens (tertiary/aromatic N) is 2. The number of carbonyl (C=O) groups is 1. The van der Waals surface area contributed by atoms with Crippen LogP contribution >= 0.6 is 11.8 Å². The number of nitrogens with one attached hydrogen (secondary N) is 1. The van der Waals surface area contributed by atoms with Crippen LogP contribution in [0.4, 0.5) is 0 Å². The molecule has 0 spiro atoms. The Morgan fingerprint density at radius 1 is 1.24 bits per heavy atom. The molecule has 2 aliphatic heterocycles. The van der Waals surface area contributed by atoms with Gasteiger partial charge < -0.3 is 19.5 Å². The molecule has 1 fully saturated rings. The molecule has 0 unspecified atom stereocenters. The number of ether oxygens (including phenoxy) is 3. The molecule has 1 aromatic heterocycles. The Kier molecular flexibility index (Phi) is 6.24. The van der Waals surface area contributed by atoms with Gasteiger partial charge in [0.05, 0.1) is 28.8 Å². The van der Waals surface area contributed by atoms with Crippen LogP contribution in [-0.4, -0.2) is 40.2 Å². The summed E-state index contributed by atoms with van der Waals surface area (Å²) >= 11 is 1.29. The molecule has 2 aromatic carbocycles. The number of rotatable bonds is 7. The summed E-state index contributed by atoms with van der Waals surface area (Å²) in [6.45, 7) is 3.54. The molecule has 0 bridgehead atoms. The maximum atomic E-state index is 13.2. The molecule has 3 heterocycles. The van der Waals surface area contributed by atoms with Crippen molar-refractivity contribution in [3.05, 3.63) is 58.4 Å². The molecule has 0 aliphatic carbocycles. The van der Waals surface area contributed by atoms with Gasteiger partial charge in [-0.2, -0.15) is 0 Å². The molecule has 33 heavy (non-hydrogen) atoms. The topological polar surface area (TPSA) is 91.7 Å². The van der Waals surface area contributed by atoms with E-state index in [9.17, 15) is 9.59 Å². The maximum absolute atomic E-state index is 13.2. The summed E-state index contributed by atoms with van der Waals surface area (Å²) in [4.78, 5) is 30.8. The van der Waals surface area contributed by atoms with Crippen molar-refractivity contribution in [3.63, 3.8) is 0 Å². The molecule has 0 radical (unpaired) electrons.